The lowest BCUT2D eigenvalue weighted by atomic mass is 9.77. The first kappa shape index (κ1) is 32.9. The number of hydrogen-bond acceptors (Lipinski definition) is 8. The molecule has 0 aliphatic carbocycles. The minimum atomic E-state index is -1.59. The Bertz CT molecular complexity index is 1270. The molecule has 2 aliphatic rings. The van der Waals surface area contributed by atoms with Crippen LogP contribution in [0, 0.1) is 0 Å². The molecule has 0 spiro atoms. The van der Waals surface area contributed by atoms with Crippen molar-refractivity contribution >= 4 is 23.8 Å². The summed E-state index contributed by atoms with van der Waals surface area (Å²) in [6, 6.07) is 15.8. The largest absolute Gasteiger partial charge is 0.508 e. The highest BCUT2D eigenvalue weighted by molar-refractivity contribution is 6.07. The van der Waals surface area contributed by atoms with E-state index in [4.69, 9.17) is 9.47 Å². The van der Waals surface area contributed by atoms with Gasteiger partial charge >= 0.3 is 6.09 Å². The zero-order chi connectivity index (χ0) is 31.7. The number of nitrogens with one attached hydrogen (secondary N) is 2. The van der Waals surface area contributed by atoms with Gasteiger partial charge < -0.3 is 25.2 Å². The summed E-state index contributed by atoms with van der Waals surface area (Å²) in [7, 11) is 0. The number of rotatable bonds is 12. The van der Waals surface area contributed by atoms with Crippen molar-refractivity contribution in [2.24, 2.45) is 0 Å². The Morgan fingerprint density at radius 1 is 0.955 bits per heavy atom. The number of phenolic OH excluding ortho intramolecular Hbond substituents is 1. The normalized spacial score (nSPS) is 18.0. The predicted octanol–water partition coefficient (Wildman–Crippen LogP) is 2.97. The summed E-state index contributed by atoms with van der Waals surface area (Å²) in [4.78, 5) is 57.4. The van der Waals surface area contributed by atoms with Gasteiger partial charge in [0.1, 0.15) is 16.9 Å². The van der Waals surface area contributed by atoms with E-state index in [1.807, 2.05) is 30.3 Å². The maximum atomic E-state index is 14.5. The van der Waals surface area contributed by atoms with Crippen molar-refractivity contribution < 1.29 is 33.8 Å². The molecular formula is C33H44N4O7. The lowest BCUT2D eigenvalue weighted by molar-refractivity contribution is -0.154. The number of carbonyl (C=O) groups excluding carboxylic acids is 4. The highest BCUT2D eigenvalue weighted by atomic mass is 16.6. The molecule has 2 aromatic rings. The van der Waals surface area contributed by atoms with Gasteiger partial charge in [-0.25, -0.2) is 4.79 Å². The van der Waals surface area contributed by atoms with Gasteiger partial charge in [-0.1, -0.05) is 42.5 Å². The fourth-order valence-corrected chi connectivity index (χ4v) is 5.80. The summed E-state index contributed by atoms with van der Waals surface area (Å²) >= 11 is 0. The van der Waals surface area contributed by atoms with Crippen LogP contribution in [0.1, 0.15) is 57.1 Å². The average Bonchev–Trinajstić information content (AvgIpc) is 3.33. The van der Waals surface area contributed by atoms with Crippen LogP contribution in [0.25, 0.3) is 0 Å². The molecule has 0 bridgehead atoms. The van der Waals surface area contributed by atoms with Crippen LogP contribution in [0.4, 0.5) is 4.79 Å². The molecule has 2 aromatic carbocycles. The molecule has 4 rings (SSSR count). The summed E-state index contributed by atoms with van der Waals surface area (Å²) in [5, 5.41) is 15.8. The maximum Gasteiger partial charge on any atom is 0.407 e. The molecule has 2 heterocycles. The van der Waals surface area contributed by atoms with Crippen LogP contribution >= 0.6 is 0 Å². The monoisotopic (exact) mass is 608 g/mol. The van der Waals surface area contributed by atoms with Gasteiger partial charge in [-0.2, -0.15) is 0 Å². The summed E-state index contributed by atoms with van der Waals surface area (Å²) in [6.07, 6.45) is -0.454. The first-order valence-corrected chi connectivity index (χ1v) is 15.2. The van der Waals surface area contributed by atoms with Gasteiger partial charge in [-0.15, -0.1) is 0 Å². The molecule has 238 valence electrons. The van der Waals surface area contributed by atoms with E-state index in [0.29, 0.717) is 26.3 Å². The highest BCUT2D eigenvalue weighted by Crippen LogP contribution is 2.37. The third-order valence-corrected chi connectivity index (χ3v) is 7.90. The molecule has 0 unspecified atom stereocenters. The van der Waals surface area contributed by atoms with E-state index in [-0.39, 0.29) is 38.0 Å². The van der Waals surface area contributed by atoms with Crippen LogP contribution in [-0.2, 0) is 30.3 Å². The van der Waals surface area contributed by atoms with Crippen molar-refractivity contribution in [1.82, 2.24) is 20.4 Å². The number of morpholine rings is 1. The summed E-state index contributed by atoms with van der Waals surface area (Å²) in [5.41, 5.74) is -0.802. The predicted molar refractivity (Wildman–Crippen MR) is 164 cm³/mol. The molecule has 3 N–H and O–H groups in total. The van der Waals surface area contributed by atoms with Crippen LogP contribution < -0.4 is 10.6 Å². The fourth-order valence-electron chi connectivity index (χ4n) is 5.80. The Morgan fingerprint density at radius 2 is 1.59 bits per heavy atom. The van der Waals surface area contributed by atoms with E-state index >= 15 is 0 Å². The lowest BCUT2D eigenvalue weighted by Crippen LogP contribution is -2.63. The topological polar surface area (TPSA) is 138 Å². The number of ether oxygens (including phenoxy) is 2. The average molecular weight is 609 g/mol. The Hall–Kier alpha value is -3.96. The number of aromatic hydroxyl groups is 1. The quantitative estimate of drug-likeness (QED) is 0.313. The number of amides is 4. The van der Waals surface area contributed by atoms with E-state index in [1.54, 1.807) is 32.9 Å². The second-order valence-corrected chi connectivity index (χ2v) is 12.4. The number of hydrogen-bond donors (Lipinski definition) is 3. The number of alkyl carbamates (subject to hydrolysis) is 1. The smallest absolute Gasteiger partial charge is 0.407 e. The van der Waals surface area contributed by atoms with E-state index in [2.05, 4.69) is 15.5 Å². The number of likely N-dealkylation sites (tertiary alicyclic amines) is 1. The molecule has 0 aromatic heterocycles. The Labute approximate surface area is 258 Å². The third-order valence-electron chi connectivity index (χ3n) is 7.90. The highest BCUT2D eigenvalue weighted by Gasteiger charge is 2.52. The van der Waals surface area contributed by atoms with Crippen LogP contribution in [0.2, 0.25) is 0 Å². The zero-order valence-corrected chi connectivity index (χ0v) is 25.8. The van der Waals surface area contributed by atoms with E-state index in [9.17, 15) is 24.3 Å². The Morgan fingerprint density at radius 3 is 2.20 bits per heavy atom. The summed E-state index contributed by atoms with van der Waals surface area (Å²) in [6.45, 7) is 9.05. The molecule has 2 fully saturated rings. The van der Waals surface area contributed by atoms with Crippen molar-refractivity contribution in [3.63, 3.8) is 0 Å². The Balaban J connectivity index is 1.72. The lowest BCUT2D eigenvalue weighted by Gasteiger charge is -2.42. The standard InChI is InChI=1S/C33H44N4O7/c1-32(2,3)44-31(42)35-23-26(25-9-11-27(38)12-10-25)22-33(21-24-7-5-4-6-8-24,37-28(39)13-14-29(37)40)30(41)34-15-16-36-17-19-43-20-18-36/h4-12,26,38H,13-23H2,1-3H3,(H,34,41)(H,35,42)/t26-,33+/m0/s1. The Kier molecular flexibility index (Phi) is 11.0. The first-order valence-electron chi connectivity index (χ1n) is 15.2. The van der Waals surface area contributed by atoms with Crippen LogP contribution in [0.3, 0.4) is 0 Å². The van der Waals surface area contributed by atoms with E-state index < -0.39 is 40.9 Å². The van der Waals surface area contributed by atoms with Gasteiger partial charge in [0.2, 0.25) is 17.7 Å². The number of phenols is 1. The number of imide groups is 1. The molecule has 0 radical (unpaired) electrons. The molecule has 2 atom stereocenters. The third kappa shape index (κ3) is 8.79. The van der Waals surface area contributed by atoms with Crippen molar-refractivity contribution in [3.05, 3.63) is 65.7 Å². The number of benzene rings is 2. The minimum Gasteiger partial charge on any atom is -0.508 e. The molecule has 2 saturated heterocycles. The molecule has 44 heavy (non-hydrogen) atoms. The number of carbonyl (C=O) groups is 4. The fraction of sp³-hybridized carbons (Fsp3) is 0.515. The SMILES string of the molecule is CC(C)(C)OC(=O)NC[C@H](C[C@](Cc1ccccc1)(C(=O)NCCN1CCOCC1)N1C(=O)CCC1=O)c1ccc(O)cc1. The number of nitrogens with zero attached hydrogens (tertiary/aromatic N) is 2. The van der Waals surface area contributed by atoms with Gasteiger partial charge in [0.15, 0.2) is 0 Å². The van der Waals surface area contributed by atoms with Crippen molar-refractivity contribution in [2.45, 2.75) is 63.5 Å². The second kappa shape index (κ2) is 14.7. The molecular weight excluding hydrogens is 564 g/mol. The molecule has 11 heteroatoms. The van der Waals surface area contributed by atoms with Crippen molar-refractivity contribution in [1.29, 1.82) is 0 Å². The summed E-state index contributed by atoms with van der Waals surface area (Å²) in [5.74, 6) is -1.70. The van der Waals surface area contributed by atoms with E-state index in [0.717, 1.165) is 29.1 Å². The maximum absolute atomic E-state index is 14.5. The molecule has 2 aliphatic heterocycles. The van der Waals surface area contributed by atoms with Gasteiger partial charge in [0, 0.05) is 57.9 Å². The van der Waals surface area contributed by atoms with Gasteiger partial charge in [-0.3, -0.25) is 24.2 Å². The van der Waals surface area contributed by atoms with Gasteiger partial charge in [0.05, 0.1) is 13.2 Å². The molecule has 0 saturated carbocycles. The first-order chi connectivity index (χ1) is 21.0. The van der Waals surface area contributed by atoms with Crippen LogP contribution in [0.15, 0.2) is 54.6 Å². The minimum absolute atomic E-state index is 0.0243. The van der Waals surface area contributed by atoms with Gasteiger partial charge in [0.25, 0.3) is 0 Å². The van der Waals surface area contributed by atoms with Crippen LogP contribution in [0.5, 0.6) is 5.75 Å². The van der Waals surface area contributed by atoms with Gasteiger partial charge in [-0.05, 0) is 50.5 Å². The zero-order valence-electron chi connectivity index (χ0n) is 25.8. The molecule has 4 amide bonds. The van der Waals surface area contributed by atoms with E-state index in [1.165, 1.54) is 12.1 Å². The van der Waals surface area contributed by atoms with Crippen molar-refractivity contribution in [3.8, 4) is 5.75 Å². The van der Waals surface area contributed by atoms with Crippen LogP contribution in [-0.4, -0.2) is 95.8 Å². The summed E-state index contributed by atoms with van der Waals surface area (Å²) < 4.78 is 10.9. The second-order valence-electron chi connectivity index (χ2n) is 12.4. The molecule has 11 nitrogen and oxygen atoms in total. The van der Waals surface area contributed by atoms with Crippen molar-refractivity contribution in [2.75, 3.05) is 45.9 Å².